The van der Waals surface area contributed by atoms with E-state index in [0.717, 1.165) is 54.2 Å². The zero-order valence-corrected chi connectivity index (χ0v) is 21.6. The number of pyridine rings is 1. The summed E-state index contributed by atoms with van der Waals surface area (Å²) in [5.41, 5.74) is 6.44. The van der Waals surface area contributed by atoms with Gasteiger partial charge in [-0.15, -0.1) is 0 Å². The lowest BCUT2D eigenvalue weighted by molar-refractivity contribution is 0.669. The Labute approximate surface area is 227 Å². The maximum absolute atomic E-state index is 6.03. The van der Waals surface area contributed by atoms with Gasteiger partial charge in [-0.3, -0.25) is 4.98 Å². The number of para-hydroxylation sites is 1. The summed E-state index contributed by atoms with van der Waals surface area (Å²) in [6.07, 6.45) is 3.62. The van der Waals surface area contributed by atoms with Crippen molar-refractivity contribution in [1.29, 1.82) is 0 Å². The van der Waals surface area contributed by atoms with Crippen molar-refractivity contribution in [3.63, 3.8) is 0 Å². The zero-order chi connectivity index (χ0) is 25.5. The highest BCUT2D eigenvalue weighted by molar-refractivity contribution is 9.10. The first-order chi connectivity index (χ1) is 18.7. The molecule has 7 rings (SSSR count). The van der Waals surface area contributed by atoms with E-state index in [0.29, 0.717) is 17.5 Å². The summed E-state index contributed by atoms with van der Waals surface area (Å²) in [6, 6.07) is 34.3. The number of rotatable bonds is 4. The van der Waals surface area contributed by atoms with Crippen LogP contribution in [0.3, 0.4) is 0 Å². The highest BCUT2D eigenvalue weighted by Gasteiger charge is 2.15. The van der Waals surface area contributed by atoms with Crippen molar-refractivity contribution in [3.8, 4) is 45.3 Å². The van der Waals surface area contributed by atoms with Crippen LogP contribution in [0.15, 0.2) is 124 Å². The Bertz CT molecular complexity index is 1930. The summed E-state index contributed by atoms with van der Waals surface area (Å²) >= 11 is 3.68. The average Bonchev–Trinajstić information content (AvgIpc) is 3.35. The van der Waals surface area contributed by atoms with E-state index in [9.17, 15) is 0 Å². The minimum Gasteiger partial charge on any atom is -0.456 e. The minimum absolute atomic E-state index is 0.595. The SMILES string of the molecule is Brc1cc(-c2cccnc2)cc(-c2nc(-c3ccccc3)nc(-c3ccc4oc5ccccc5c4c3)n2)c1. The molecule has 7 aromatic rings. The van der Waals surface area contributed by atoms with E-state index in [2.05, 4.69) is 45.2 Å². The van der Waals surface area contributed by atoms with Gasteiger partial charge in [-0.05, 0) is 54.1 Å². The molecule has 5 nitrogen and oxygen atoms in total. The van der Waals surface area contributed by atoms with Crippen molar-refractivity contribution in [2.45, 2.75) is 0 Å². The third kappa shape index (κ3) is 4.15. The first-order valence-corrected chi connectivity index (χ1v) is 13.0. The molecule has 38 heavy (non-hydrogen) atoms. The zero-order valence-electron chi connectivity index (χ0n) is 20.0. The van der Waals surface area contributed by atoms with Crippen LogP contribution in [-0.4, -0.2) is 19.9 Å². The fourth-order valence-corrected chi connectivity index (χ4v) is 5.13. The Balaban J connectivity index is 1.43. The maximum Gasteiger partial charge on any atom is 0.164 e. The quantitative estimate of drug-likeness (QED) is 0.218. The van der Waals surface area contributed by atoms with E-state index in [4.69, 9.17) is 19.4 Å². The predicted octanol–water partition coefficient (Wildman–Crippen LogP) is 8.60. The van der Waals surface area contributed by atoms with Gasteiger partial charge >= 0.3 is 0 Å². The summed E-state index contributed by atoms with van der Waals surface area (Å²) < 4.78 is 6.97. The first-order valence-electron chi connectivity index (χ1n) is 12.2. The van der Waals surface area contributed by atoms with Gasteiger partial charge in [0.05, 0.1) is 0 Å². The summed E-state index contributed by atoms with van der Waals surface area (Å²) in [5.74, 6) is 1.81. The van der Waals surface area contributed by atoms with E-state index in [-0.39, 0.29) is 0 Å². The molecule has 3 aromatic heterocycles. The van der Waals surface area contributed by atoms with Gasteiger partial charge in [0.25, 0.3) is 0 Å². The Morgan fingerprint density at radius 1 is 0.500 bits per heavy atom. The van der Waals surface area contributed by atoms with Crippen LogP contribution in [0.2, 0.25) is 0 Å². The number of hydrogen-bond acceptors (Lipinski definition) is 5. The van der Waals surface area contributed by atoms with Gasteiger partial charge in [-0.2, -0.15) is 0 Å². The Morgan fingerprint density at radius 3 is 2.00 bits per heavy atom. The third-order valence-corrected chi connectivity index (χ3v) is 6.91. The molecular weight excluding hydrogens is 536 g/mol. The largest absolute Gasteiger partial charge is 0.456 e. The summed E-state index contributed by atoms with van der Waals surface area (Å²) in [5, 5.41) is 2.10. The number of aromatic nitrogens is 4. The fraction of sp³-hybridized carbons (Fsp3) is 0. The van der Waals surface area contributed by atoms with Crippen molar-refractivity contribution < 1.29 is 4.42 Å². The van der Waals surface area contributed by atoms with Gasteiger partial charge in [0.15, 0.2) is 17.5 Å². The van der Waals surface area contributed by atoms with E-state index >= 15 is 0 Å². The Hall–Kier alpha value is -4.68. The number of halogens is 1. The molecule has 3 heterocycles. The lowest BCUT2D eigenvalue weighted by Gasteiger charge is -2.10. The summed E-state index contributed by atoms with van der Waals surface area (Å²) in [4.78, 5) is 19.0. The van der Waals surface area contributed by atoms with Crippen LogP contribution in [0, 0.1) is 0 Å². The van der Waals surface area contributed by atoms with Crippen LogP contribution in [-0.2, 0) is 0 Å². The topological polar surface area (TPSA) is 64.7 Å². The second kappa shape index (κ2) is 9.32. The number of benzene rings is 4. The molecule has 0 unspecified atom stereocenters. The van der Waals surface area contributed by atoms with Crippen LogP contribution in [0.5, 0.6) is 0 Å². The lowest BCUT2D eigenvalue weighted by Crippen LogP contribution is -2.00. The van der Waals surface area contributed by atoms with E-state index < -0.39 is 0 Å². The van der Waals surface area contributed by atoms with Crippen LogP contribution < -0.4 is 0 Å². The molecular formula is C32H19BrN4O. The van der Waals surface area contributed by atoms with E-state index in [1.807, 2.05) is 85.1 Å². The molecule has 0 fully saturated rings. The van der Waals surface area contributed by atoms with Crippen LogP contribution in [0.1, 0.15) is 0 Å². The molecule has 0 saturated heterocycles. The molecule has 0 saturated carbocycles. The molecule has 0 spiro atoms. The van der Waals surface area contributed by atoms with Crippen molar-refractivity contribution in [2.75, 3.05) is 0 Å². The number of hydrogen-bond donors (Lipinski definition) is 0. The molecule has 6 heteroatoms. The van der Waals surface area contributed by atoms with Gasteiger partial charge in [0, 0.05) is 49.9 Å². The second-order valence-electron chi connectivity index (χ2n) is 8.95. The molecule has 0 aliphatic carbocycles. The Kier molecular flexibility index (Phi) is 5.52. The molecule has 0 N–H and O–H groups in total. The molecule has 0 aliphatic heterocycles. The smallest absolute Gasteiger partial charge is 0.164 e. The van der Waals surface area contributed by atoms with E-state index in [1.165, 1.54) is 0 Å². The maximum atomic E-state index is 6.03. The van der Waals surface area contributed by atoms with Gasteiger partial charge in [-0.1, -0.05) is 70.5 Å². The molecule has 180 valence electrons. The van der Waals surface area contributed by atoms with E-state index in [1.54, 1.807) is 6.20 Å². The van der Waals surface area contributed by atoms with Crippen molar-refractivity contribution >= 4 is 37.9 Å². The van der Waals surface area contributed by atoms with Gasteiger partial charge < -0.3 is 4.42 Å². The van der Waals surface area contributed by atoms with Crippen molar-refractivity contribution in [2.24, 2.45) is 0 Å². The van der Waals surface area contributed by atoms with Gasteiger partial charge in [0.2, 0.25) is 0 Å². The van der Waals surface area contributed by atoms with Crippen LogP contribution in [0.4, 0.5) is 0 Å². The number of nitrogens with zero attached hydrogens (tertiary/aromatic N) is 4. The predicted molar refractivity (Wildman–Crippen MR) is 154 cm³/mol. The molecule has 0 atom stereocenters. The molecule has 0 radical (unpaired) electrons. The summed E-state index contributed by atoms with van der Waals surface area (Å²) in [6.45, 7) is 0. The average molecular weight is 555 g/mol. The van der Waals surface area contributed by atoms with Gasteiger partial charge in [0.1, 0.15) is 11.2 Å². The molecule has 0 amide bonds. The second-order valence-corrected chi connectivity index (χ2v) is 9.87. The van der Waals surface area contributed by atoms with Crippen molar-refractivity contribution in [1.82, 2.24) is 19.9 Å². The normalized spacial score (nSPS) is 11.3. The van der Waals surface area contributed by atoms with Crippen LogP contribution in [0.25, 0.3) is 67.2 Å². The Morgan fingerprint density at radius 2 is 1.18 bits per heavy atom. The first kappa shape index (κ1) is 22.5. The lowest BCUT2D eigenvalue weighted by atomic mass is 10.0. The highest BCUT2D eigenvalue weighted by Crippen LogP contribution is 2.34. The molecule has 0 aliphatic rings. The third-order valence-electron chi connectivity index (χ3n) is 6.45. The minimum atomic E-state index is 0.595. The van der Waals surface area contributed by atoms with Crippen molar-refractivity contribution in [3.05, 3.63) is 120 Å². The monoisotopic (exact) mass is 554 g/mol. The van der Waals surface area contributed by atoms with Gasteiger partial charge in [-0.25, -0.2) is 15.0 Å². The standard InChI is InChI=1S/C32H19BrN4O/c33-25-16-23(22-9-6-14-34-19-22)15-24(17-25)32-36-30(20-7-2-1-3-8-20)35-31(37-32)21-12-13-29-27(18-21)26-10-4-5-11-28(26)38-29/h1-19H. The molecule has 0 bridgehead atoms. The van der Waals surface area contributed by atoms with Crippen LogP contribution >= 0.6 is 15.9 Å². The number of fused-ring (bicyclic) bond motifs is 3. The fourth-order valence-electron chi connectivity index (χ4n) is 4.63. The highest BCUT2D eigenvalue weighted by atomic mass is 79.9. The molecule has 4 aromatic carbocycles. The number of furan rings is 1. The summed E-state index contributed by atoms with van der Waals surface area (Å²) in [7, 11) is 0.